The van der Waals surface area contributed by atoms with Crippen LogP contribution in [0, 0.1) is 70.5 Å². The van der Waals surface area contributed by atoms with Crippen LogP contribution in [0.3, 0.4) is 0 Å². The Morgan fingerprint density at radius 1 is 0.367 bits per heavy atom. The van der Waals surface area contributed by atoms with Crippen LogP contribution in [0.4, 0.5) is 77.8 Å². The fraction of sp³-hybridized carbons (Fsp3) is 0.544. The summed E-state index contributed by atoms with van der Waals surface area (Å²) < 4.78 is 58.9. The summed E-state index contributed by atoms with van der Waals surface area (Å²) in [6.45, 7) is 26.3. The minimum atomic E-state index is -4.64. The molecule has 10 fully saturated rings. The number of ether oxygens (including phenoxy) is 2. The Balaban J connectivity index is 0.000000133. The third-order valence-electron chi connectivity index (χ3n) is 33.4. The van der Waals surface area contributed by atoms with Crippen LogP contribution in [-0.4, -0.2) is 173 Å². The number of rotatable bonds is 15. The molecule has 2 aromatic carbocycles. The fourth-order valence-corrected chi connectivity index (χ4v) is 29.2. The zero-order valence-corrected chi connectivity index (χ0v) is 94.4. The molecule has 7 saturated heterocycles. The fourth-order valence-electron chi connectivity index (χ4n) is 23.2. The normalized spacial score (nSPS) is 22.4. The summed E-state index contributed by atoms with van der Waals surface area (Å²) in [5.74, 6) is 6.67. The van der Waals surface area contributed by atoms with Gasteiger partial charge in [-0.1, -0.05) is 170 Å². The molecule has 10 aliphatic rings. The molecule has 0 unspecified atom stereocenters. The molecule has 0 bridgehead atoms. The van der Waals surface area contributed by atoms with Crippen LogP contribution in [0.2, 0.25) is 25.2 Å². The second-order valence-corrected chi connectivity index (χ2v) is 49.4. The lowest BCUT2D eigenvalue weighted by Gasteiger charge is -2.43. The van der Waals surface area contributed by atoms with Crippen molar-refractivity contribution in [3.05, 3.63) is 173 Å². The number of halogens is 8. The summed E-state index contributed by atoms with van der Waals surface area (Å²) >= 11 is 36.6. The number of hydrogen-bond acceptors (Lipinski definition) is 34. The minimum absolute atomic E-state index is 0.0453. The van der Waals surface area contributed by atoms with Gasteiger partial charge in [0.25, 0.3) is 27.8 Å². The SMILES string of the molecule is C[C@@H]1CCC2(CCN(c3nc(N)c(Sc4cc(N)nc(Cl)c4Cl)c(=O)n3C)CC2)[C@@H]1N.C[C@@H]1COCC12CCN(c1nc(N)c(Sc3cccc(Cl)c3Cl)c(=O)n1C)CC2.C[C@@H]1COCC12CCN(c1nc(N)c(Sc3cccnc3C(F)(F)F)c(=O)n1C)CC2.Cc1cccc(Sc2c(N)nc(N3CCC4(CC[C@@H](C)[C@H]4N)CC3)n(C)c2=O)c1Cl.Cc1ncccc1Sc1c(N)nc(N2CCC3(CC[C@@H](C)[C@H]3N)CC2)n(C)c1=O. The van der Waals surface area contributed by atoms with E-state index in [0.29, 0.717) is 124 Å². The van der Waals surface area contributed by atoms with Gasteiger partial charge in [-0.15, -0.1) is 0 Å². The predicted octanol–water partition coefficient (Wildman–Crippen LogP) is 16.8. The highest BCUT2D eigenvalue weighted by Gasteiger charge is 2.52. The van der Waals surface area contributed by atoms with Crippen molar-refractivity contribution < 1.29 is 22.6 Å². The van der Waals surface area contributed by atoms with Gasteiger partial charge in [0.2, 0.25) is 29.7 Å². The molecule has 5 spiro atoms. The van der Waals surface area contributed by atoms with E-state index in [1.807, 2.05) is 49.1 Å². The number of nitrogens with zero attached hydrogens (tertiary/aromatic N) is 18. The number of piperidine rings is 5. The summed E-state index contributed by atoms with van der Waals surface area (Å²) in [7, 11) is 8.54. The Morgan fingerprint density at radius 3 is 0.973 bits per heavy atom. The number of pyridine rings is 3. The average molecular weight is 2260 g/mol. The molecule has 15 heterocycles. The number of benzene rings is 2. The van der Waals surface area contributed by atoms with Crippen molar-refractivity contribution in [2.24, 2.45) is 109 Å². The number of alkyl halides is 3. The highest BCUT2D eigenvalue weighted by Crippen LogP contribution is 2.54. The number of aromatic nitrogens is 13. The Hall–Kier alpha value is -9.12. The van der Waals surface area contributed by atoms with Gasteiger partial charge < -0.3 is 85.6 Å². The average Bonchev–Trinajstić information content (AvgIpc) is 1.54. The highest BCUT2D eigenvalue weighted by atomic mass is 35.5. The lowest BCUT2D eigenvalue weighted by atomic mass is 9.72. The van der Waals surface area contributed by atoms with Gasteiger partial charge in [-0.05, 0) is 217 Å². The van der Waals surface area contributed by atoms with E-state index in [4.69, 9.17) is 119 Å². The van der Waals surface area contributed by atoms with Crippen molar-refractivity contribution in [2.45, 2.75) is 224 Å². The first-order valence-corrected chi connectivity index (χ1v) is 56.7. The van der Waals surface area contributed by atoms with Gasteiger partial charge >= 0.3 is 6.18 Å². The van der Waals surface area contributed by atoms with Crippen LogP contribution in [-0.2, 0) is 50.9 Å². The third kappa shape index (κ3) is 23.3. The zero-order chi connectivity index (χ0) is 108. The molecule has 47 heteroatoms. The van der Waals surface area contributed by atoms with E-state index < -0.39 is 17.4 Å². The molecule has 3 aliphatic carbocycles. The van der Waals surface area contributed by atoms with Gasteiger partial charge in [0.15, 0.2) is 10.8 Å². The van der Waals surface area contributed by atoms with Gasteiger partial charge in [-0.3, -0.25) is 56.8 Å². The summed E-state index contributed by atoms with van der Waals surface area (Å²) in [6.07, 6.45) is 15.4. The second kappa shape index (κ2) is 46.5. The first-order valence-electron chi connectivity index (χ1n) is 50.8. The van der Waals surface area contributed by atoms with Crippen molar-refractivity contribution in [1.29, 1.82) is 0 Å². The van der Waals surface area contributed by atoms with E-state index in [1.165, 1.54) is 95.1 Å². The molecule has 810 valence electrons. The lowest BCUT2D eigenvalue weighted by molar-refractivity contribution is -0.143. The maximum atomic E-state index is 13.3. The minimum Gasteiger partial charge on any atom is -0.384 e. The topological polar surface area (TPSA) is 482 Å². The van der Waals surface area contributed by atoms with Crippen molar-refractivity contribution in [1.82, 2.24) is 62.7 Å². The molecule has 0 radical (unpaired) electrons. The number of aryl methyl sites for hydroxylation is 2. The van der Waals surface area contributed by atoms with E-state index in [-0.39, 0.29) is 127 Å². The van der Waals surface area contributed by atoms with Gasteiger partial charge in [-0.25, -0.2) is 4.98 Å². The van der Waals surface area contributed by atoms with E-state index in [0.717, 1.165) is 182 Å². The molecule has 3 saturated carbocycles. The smallest absolute Gasteiger partial charge is 0.384 e. The molecule has 10 aromatic rings. The highest BCUT2D eigenvalue weighted by molar-refractivity contribution is 8.00. The summed E-state index contributed by atoms with van der Waals surface area (Å²) in [6, 6.07) is 19.8. The quantitative estimate of drug-likeness (QED) is 0.0430. The molecular weight excluding hydrogens is 2120 g/mol. The van der Waals surface area contributed by atoms with Crippen LogP contribution in [0.15, 0.2) is 152 Å². The maximum Gasteiger partial charge on any atom is 0.434 e. The molecule has 7 aliphatic heterocycles. The number of nitrogens with two attached hydrogens (primary N) is 9. The van der Waals surface area contributed by atoms with E-state index in [2.05, 4.69) is 94.1 Å². The molecule has 8 atom stereocenters. The standard InChI is InChI=1S/C22H30ClN5OS.C21H30N6OS.C20H27Cl2N7OS.C20H24Cl2N4O2S.C20H24F3N5O2S/c1-13-5-4-6-15(16(13)23)30-17-19(25)26-21(27(3)20(17)29)28-11-9-22(10-12-28)8-7-14(2)18(22)24;1-13-6-7-21(17(13)22)8-11-27(12-9-21)20-25-18(23)16(19(28)26(20)3)29-15-5-4-10-24-14(15)2;1-10-3-4-20(15(10)24)5-7-29(8-6-20)19-27-17(25)14(18(30)28(19)2)31-11-9-12(23)26-16(22)13(11)21;1-12-10-28-11-20(12)6-8-26(9-7-20)19-24-17(23)16(18(27)25(19)2)29-14-5-3-4-13(21)15(14)22;1-12-10-30-11-19(12)5-8-28(9-6-19)18-26-16(24)14(17(29)27(18)2)31-13-4-3-7-25-15(13)20(21,22)23/h4-6,14,18H,7-12,24-25H2,1-3H3;4-5,10,13,17H,6-9,11-12,22-23H2,1-3H3;9-10,15H,3-8,24-25H2,1-2H3,(H2,23,26);3-5,12H,6-11,23H2,1-2H3;3-4,7,12H,5-6,8-11,24H2,1-2H3/t14-,18-;13-,17-;10-,15-;2*12-/m11111/s1. The van der Waals surface area contributed by atoms with Crippen LogP contribution in [0.25, 0.3) is 0 Å². The summed E-state index contributed by atoms with van der Waals surface area (Å²) in [5.41, 5.74) is 57.0. The second-order valence-electron chi connectivity index (χ2n) is 42.2. The molecule has 8 aromatic heterocycles. The molecule has 18 N–H and O–H groups in total. The van der Waals surface area contributed by atoms with Crippen molar-refractivity contribution >= 4 is 181 Å². The zero-order valence-electron chi connectivity index (χ0n) is 86.5. The van der Waals surface area contributed by atoms with Crippen LogP contribution >= 0.6 is 117 Å². The Labute approximate surface area is 917 Å². The number of anilines is 11. The maximum absolute atomic E-state index is 13.3. The molecule has 0 amide bonds. The van der Waals surface area contributed by atoms with Crippen LogP contribution < -0.4 is 104 Å². The van der Waals surface area contributed by atoms with Crippen molar-refractivity contribution in [3.8, 4) is 0 Å². The van der Waals surface area contributed by atoms with Crippen molar-refractivity contribution in [2.75, 3.05) is 151 Å². The Morgan fingerprint density at radius 2 is 0.660 bits per heavy atom. The molecule has 34 nitrogen and oxygen atoms in total. The summed E-state index contributed by atoms with van der Waals surface area (Å²) in [5, 5.41) is 1.76. The summed E-state index contributed by atoms with van der Waals surface area (Å²) in [4.78, 5) is 115. The van der Waals surface area contributed by atoms with E-state index in [9.17, 15) is 37.1 Å². The first kappa shape index (κ1) is 113. The van der Waals surface area contributed by atoms with Gasteiger partial charge in [0.1, 0.15) is 59.4 Å². The van der Waals surface area contributed by atoms with Gasteiger partial charge in [0, 0.05) is 180 Å². The van der Waals surface area contributed by atoms with Crippen LogP contribution in [0.5, 0.6) is 0 Å². The van der Waals surface area contributed by atoms with Gasteiger partial charge in [-0.2, -0.15) is 38.1 Å². The Bertz CT molecular complexity index is 6970. The van der Waals surface area contributed by atoms with Crippen LogP contribution in [0.1, 0.15) is 154 Å². The third-order valence-corrected chi connectivity index (χ3v) is 41.6. The largest absolute Gasteiger partial charge is 0.434 e. The Kier molecular flexibility index (Phi) is 35.2. The molecular formula is C103H135Cl5F3N27O7S5. The predicted molar refractivity (Wildman–Crippen MR) is 598 cm³/mol. The number of nitrogen functional groups attached to an aromatic ring is 6. The monoisotopic (exact) mass is 2250 g/mol. The van der Waals surface area contributed by atoms with E-state index >= 15 is 0 Å². The van der Waals surface area contributed by atoms with Gasteiger partial charge in [0.05, 0.1) is 39.0 Å². The number of hydrogen-bond donors (Lipinski definition) is 9. The van der Waals surface area contributed by atoms with E-state index in [1.54, 1.807) is 79.4 Å². The first-order chi connectivity index (χ1) is 71.1. The molecule has 150 heavy (non-hydrogen) atoms. The molecule has 20 rings (SSSR count). The lowest BCUT2D eigenvalue weighted by Crippen LogP contribution is -2.49. The van der Waals surface area contributed by atoms with Crippen molar-refractivity contribution in [3.63, 3.8) is 0 Å².